The Bertz CT molecular complexity index is 268. The van der Waals surface area contributed by atoms with Crippen molar-refractivity contribution in [1.29, 1.82) is 0 Å². The number of phenols is 1. The van der Waals surface area contributed by atoms with Gasteiger partial charge in [-0.15, -0.1) is 0 Å². The molecular weight excluding hydrogens is 158 g/mol. The quantitative estimate of drug-likeness (QED) is 0.278. The summed E-state index contributed by atoms with van der Waals surface area (Å²) in [5.74, 6) is 0.205. The normalized spacial score (nSPS) is 9.08. The Kier molecular flexibility index (Phi) is 2.55. The van der Waals surface area contributed by atoms with Gasteiger partial charge in [-0.1, -0.05) is 0 Å². The Hall–Kier alpha value is -1.68. The highest BCUT2D eigenvalue weighted by Gasteiger charge is 1.94. The fourth-order valence-electron chi connectivity index (χ4n) is 0.729. The maximum Gasteiger partial charge on any atom is 0.227 e. The lowest BCUT2D eigenvalue weighted by Gasteiger charge is -2.04. The third-order valence-electron chi connectivity index (χ3n) is 1.26. The topological polar surface area (TPSA) is 61.7 Å². The van der Waals surface area contributed by atoms with E-state index in [0.717, 1.165) is 0 Å². The fourth-order valence-corrected chi connectivity index (χ4v) is 0.729. The standard InChI is InChI=1S/C8H9NO3/c1-6(12-11)9-7-2-4-8(10)5-3-7/h2-5,9-11H,1H2. The predicted octanol–water partition coefficient (Wildman–Crippen LogP) is 1.76. The summed E-state index contributed by atoms with van der Waals surface area (Å²) >= 11 is 0. The average Bonchev–Trinajstić information content (AvgIpc) is 2.09. The first-order chi connectivity index (χ1) is 5.72. The molecule has 1 aromatic carbocycles. The molecule has 0 aromatic heterocycles. The highest BCUT2D eigenvalue weighted by atomic mass is 17.1. The van der Waals surface area contributed by atoms with Crippen LogP contribution in [-0.4, -0.2) is 10.4 Å². The zero-order valence-corrected chi connectivity index (χ0v) is 6.32. The van der Waals surface area contributed by atoms with Gasteiger partial charge in [-0.3, -0.25) is 0 Å². The molecule has 0 amide bonds. The van der Waals surface area contributed by atoms with E-state index < -0.39 is 0 Å². The minimum absolute atomic E-state index is 0.0284. The van der Waals surface area contributed by atoms with E-state index in [1.807, 2.05) is 0 Å². The number of nitrogens with one attached hydrogen (secondary N) is 1. The molecule has 1 rings (SSSR count). The highest BCUT2D eigenvalue weighted by Crippen LogP contribution is 2.14. The van der Waals surface area contributed by atoms with Crippen molar-refractivity contribution in [3.8, 4) is 5.75 Å². The van der Waals surface area contributed by atoms with Crippen molar-refractivity contribution in [2.75, 3.05) is 5.32 Å². The Labute approximate surface area is 69.7 Å². The summed E-state index contributed by atoms with van der Waals surface area (Å²) in [6.45, 7) is 3.35. The maximum atomic E-state index is 8.92. The van der Waals surface area contributed by atoms with E-state index >= 15 is 0 Å². The average molecular weight is 167 g/mol. The van der Waals surface area contributed by atoms with Gasteiger partial charge in [-0.25, -0.2) is 5.26 Å². The molecule has 0 bridgehead atoms. The van der Waals surface area contributed by atoms with Gasteiger partial charge in [0.05, 0.1) is 0 Å². The van der Waals surface area contributed by atoms with Gasteiger partial charge >= 0.3 is 0 Å². The van der Waals surface area contributed by atoms with Gasteiger partial charge in [0.25, 0.3) is 0 Å². The molecule has 0 saturated heterocycles. The molecule has 0 aliphatic rings. The van der Waals surface area contributed by atoms with Crippen LogP contribution in [0.25, 0.3) is 0 Å². The van der Waals surface area contributed by atoms with E-state index in [4.69, 9.17) is 10.4 Å². The Morgan fingerprint density at radius 1 is 1.33 bits per heavy atom. The van der Waals surface area contributed by atoms with Crippen LogP contribution in [0.2, 0.25) is 0 Å². The Morgan fingerprint density at radius 2 is 1.92 bits per heavy atom. The molecule has 0 unspecified atom stereocenters. The molecule has 0 radical (unpaired) electrons. The summed E-state index contributed by atoms with van der Waals surface area (Å²) in [6, 6.07) is 6.26. The number of benzene rings is 1. The summed E-state index contributed by atoms with van der Waals surface area (Å²) in [6.07, 6.45) is 0. The van der Waals surface area contributed by atoms with Crippen molar-refractivity contribution >= 4 is 5.69 Å². The zero-order valence-electron chi connectivity index (χ0n) is 6.32. The van der Waals surface area contributed by atoms with Crippen LogP contribution in [0.15, 0.2) is 36.7 Å². The van der Waals surface area contributed by atoms with Gasteiger partial charge in [0, 0.05) is 5.69 Å². The van der Waals surface area contributed by atoms with Crippen LogP contribution >= 0.6 is 0 Å². The van der Waals surface area contributed by atoms with Crippen LogP contribution in [0, 0.1) is 0 Å². The van der Waals surface area contributed by atoms with Gasteiger partial charge in [0.15, 0.2) is 0 Å². The Balaban J connectivity index is 2.64. The molecule has 0 saturated carbocycles. The largest absolute Gasteiger partial charge is 0.508 e. The summed E-state index contributed by atoms with van der Waals surface area (Å²) < 4.78 is 0. The molecule has 3 N–H and O–H groups in total. The lowest BCUT2D eigenvalue weighted by molar-refractivity contribution is -0.200. The zero-order chi connectivity index (χ0) is 8.97. The second-order valence-corrected chi connectivity index (χ2v) is 2.19. The van der Waals surface area contributed by atoms with Crippen molar-refractivity contribution in [1.82, 2.24) is 0 Å². The molecule has 0 aliphatic carbocycles. The van der Waals surface area contributed by atoms with Crippen molar-refractivity contribution in [3.63, 3.8) is 0 Å². The van der Waals surface area contributed by atoms with Crippen LogP contribution in [-0.2, 0) is 4.89 Å². The maximum absolute atomic E-state index is 8.92. The molecule has 0 fully saturated rings. The second-order valence-electron chi connectivity index (χ2n) is 2.19. The van der Waals surface area contributed by atoms with Crippen LogP contribution in [0.3, 0.4) is 0 Å². The molecule has 0 spiro atoms. The van der Waals surface area contributed by atoms with E-state index in [9.17, 15) is 0 Å². The summed E-state index contributed by atoms with van der Waals surface area (Å²) in [5, 5.41) is 19.7. The third-order valence-corrected chi connectivity index (χ3v) is 1.26. The summed E-state index contributed by atoms with van der Waals surface area (Å²) in [7, 11) is 0. The number of aromatic hydroxyl groups is 1. The van der Waals surface area contributed by atoms with E-state index in [0.29, 0.717) is 5.69 Å². The first-order valence-corrected chi connectivity index (χ1v) is 3.29. The monoisotopic (exact) mass is 167 g/mol. The number of rotatable bonds is 3. The van der Waals surface area contributed by atoms with Gasteiger partial charge in [-0.05, 0) is 30.8 Å². The van der Waals surface area contributed by atoms with Crippen molar-refractivity contribution < 1.29 is 15.3 Å². The molecule has 0 heterocycles. The second kappa shape index (κ2) is 3.64. The van der Waals surface area contributed by atoms with Gasteiger partial charge in [0.2, 0.25) is 5.88 Å². The first kappa shape index (κ1) is 8.42. The molecular formula is C8H9NO3. The molecule has 0 atom stereocenters. The van der Waals surface area contributed by atoms with Crippen LogP contribution in [0.4, 0.5) is 5.69 Å². The van der Waals surface area contributed by atoms with E-state index in [1.54, 1.807) is 12.1 Å². The SMILES string of the molecule is C=C(Nc1ccc(O)cc1)OO. The molecule has 64 valence electrons. The minimum atomic E-state index is 0.0284. The van der Waals surface area contributed by atoms with E-state index in [2.05, 4.69) is 16.8 Å². The molecule has 0 aliphatic heterocycles. The van der Waals surface area contributed by atoms with Crippen molar-refractivity contribution in [3.05, 3.63) is 36.7 Å². The van der Waals surface area contributed by atoms with Crippen molar-refractivity contribution in [2.24, 2.45) is 0 Å². The van der Waals surface area contributed by atoms with Crippen molar-refractivity contribution in [2.45, 2.75) is 0 Å². The lowest BCUT2D eigenvalue weighted by Crippen LogP contribution is -1.99. The molecule has 4 nitrogen and oxygen atoms in total. The van der Waals surface area contributed by atoms with Gasteiger partial charge < -0.3 is 15.3 Å². The number of phenolic OH excluding ortho intramolecular Hbond substituents is 1. The van der Waals surface area contributed by atoms with Gasteiger partial charge in [-0.2, -0.15) is 0 Å². The summed E-state index contributed by atoms with van der Waals surface area (Å²) in [5.41, 5.74) is 0.673. The number of hydrogen-bond donors (Lipinski definition) is 3. The first-order valence-electron chi connectivity index (χ1n) is 3.29. The fraction of sp³-hybridized carbons (Fsp3) is 0. The molecule has 4 heteroatoms. The van der Waals surface area contributed by atoms with Crippen LogP contribution in [0.5, 0.6) is 5.75 Å². The molecule has 1 aromatic rings. The minimum Gasteiger partial charge on any atom is -0.508 e. The number of hydrogen-bond acceptors (Lipinski definition) is 4. The van der Waals surface area contributed by atoms with E-state index in [1.165, 1.54) is 12.1 Å². The molecule has 12 heavy (non-hydrogen) atoms. The van der Waals surface area contributed by atoms with E-state index in [-0.39, 0.29) is 11.6 Å². The van der Waals surface area contributed by atoms with Crippen LogP contribution < -0.4 is 5.32 Å². The Morgan fingerprint density at radius 3 is 2.42 bits per heavy atom. The lowest BCUT2D eigenvalue weighted by atomic mass is 10.3. The third kappa shape index (κ3) is 2.17. The summed E-state index contributed by atoms with van der Waals surface area (Å²) in [4.78, 5) is 3.82. The van der Waals surface area contributed by atoms with Crippen LogP contribution in [0.1, 0.15) is 0 Å². The smallest absolute Gasteiger partial charge is 0.227 e. The number of anilines is 1. The van der Waals surface area contributed by atoms with Gasteiger partial charge in [0.1, 0.15) is 5.75 Å². The highest BCUT2D eigenvalue weighted by molar-refractivity contribution is 5.48. The predicted molar refractivity (Wildman–Crippen MR) is 44.6 cm³/mol.